The molecule has 0 bridgehead atoms. The quantitative estimate of drug-likeness (QED) is 0.745. The zero-order chi connectivity index (χ0) is 16.5. The van der Waals surface area contributed by atoms with Crippen molar-refractivity contribution in [1.82, 2.24) is 5.32 Å². The highest BCUT2D eigenvalue weighted by Crippen LogP contribution is 2.16. The number of benzene rings is 2. The summed E-state index contributed by atoms with van der Waals surface area (Å²) in [5.41, 5.74) is 2.30. The number of methoxy groups -OCH3 is 1. The van der Waals surface area contributed by atoms with Crippen LogP contribution >= 0.6 is 12.2 Å². The molecule has 2 N–H and O–H groups in total. The lowest BCUT2D eigenvalue weighted by Crippen LogP contribution is -2.33. The highest BCUT2D eigenvalue weighted by Gasteiger charge is 2.08. The Labute approximate surface area is 144 Å². The summed E-state index contributed by atoms with van der Waals surface area (Å²) in [7, 11) is 1.66. The predicted octanol–water partition coefficient (Wildman–Crippen LogP) is 4.25. The molecule has 0 aliphatic carbocycles. The second kappa shape index (κ2) is 9.16. The summed E-state index contributed by atoms with van der Waals surface area (Å²) >= 11 is 5.38. The van der Waals surface area contributed by atoms with Gasteiger partial charge in [-0.15, -0.1) is 0 Å². The molecule has 0 fully saturated rings. The third-order valence-corrected chi connectivity index (χ3v) is 4.07. The molecule has 23 heavy (non-hydrogen) atoms. The van der Waals surface area contributed by atoms with Crippen molar-refractivity contribution in [2.45, 2.75) is 19.8 Å². The van der Waals surface area contributed by atoms with Crippen molar-refractivity contribution in [3.8, 4) is 5.75 Å². The Kier molecular flexibility index (Phi) is 6.88. The van der Waals surface area contributed by atoms with Crippen molar-refractivity contribution >= 4 is 23.0 Å². The number of nitrogens with one attached hydrogen (secondary N) is 2. The summed E-state index contributed by atoms with van der Waals surface area (Å²) in [4.78, 5) is 0. The van der Waals surface area contributed by atoms with Crippen LogP contribution in [0.25, 0.3) is 0 Å². The fourth-order valence-electron chi connectivity index (χ4n) is 2.42. The number of hydrogen-bond acceptors (Lipinski definition) is 2. The zero-order valence-electron chi connectivity index (χ0n) is 13.7. The normalized spacial score (nSPS) is 11.6. The summed E-state index contributed by atoms with van der Waals surface area (Å²) < 4.78 is 5.21. The molecule has 0 aromatic heterocycles. The lowest BCUT2D eigenvalue weighted by atomic mass is 9.97. The minimum atomic E-state index is 0.558. The zero-order valence-corrected chi connectivity index (χ0v) is 14.5. The minimum absolute atomic E-state index is 0.558. The molecule has 3 nitrogen and oxygen atoms in total. The van der Waals surface area contributed by atoms with E-state index in [1.807, 2.05) is 24.3 Å². The molecule has 0 amide bonds. The van der Waals surface area contributed by atoms with Crippen molar-refractivity contribution in [1.29, 1.82) is 0 Å². The Balaban J connectivity index is 1.82. The van der Waals surface area contributed by atoms with Crippen LogP contribution in [0.1, 0.15) is 18.9 Å². The van der Waals surface area contributed by atoms with E-state index < -0.39 is 0 Å². The van der Waals surface area contributed by atoms with Gasteiger partial charge >= 0.3 is 0 Å². The summed E-state index contributed by atoms with van der Waals surface area (Å²) in [6.07, 6.45) is 2.18. The van der Waals surface area contributed by atoms with Gasteiger partial charge in [-0.1, -0.05) is 49.7 Å². The van der Waals surface area contributed by atoms with E-state index in [1.165, 1.54) is 5.56 Å². The van der Waals surface area contributed by atoms with Crippen molar-refractivity contribution in [3.63, 3.8) is 0 Å². The molecule has 0 heterocycles. The molecule has 0 saturated carbocycles. The largest absolute Gasteiger partial charge is 0.497 e. The molecular weight excluding hydrogens is 304 g/mol. The first-order valence-electron chi connectivity index (χ1n) is 7.94. The van der Waals surface area contributed by atoms with E-state index in [0.29, 0.717) is 11.0 Å². The molecule has 0 spiro atoms. The van der Waals surface area contributed by atoms with Gasteiger partial charge in [-0.3, -0.25) is 0 Å². The van der Waals surface area contributed by atoms with Gasteiger partial charge in [-0.2, -0.15) is 0 Å². The number of anilines is 1. The second-order valence-electron chi connectivity index (χ2n) is 5.53. The Hall–Kier alpha value is -2.07. The van der Waals surface area contributed by atoms with E-state index in [9.17, 15) is 0 Å². The number of rotatable bonds is 7. The molecule has 1 atom stereocenters. The molecule has 0 radical (unpaired) electrons. The molecule has 4 heteroatoms. The van der Waals surface area contributed by atoms with Crippen LogP contribution in [-0.4, -0.2) is 18.8 Å². The van der Waals surface area contributed by atoms with Gasteiger partial charge in [-0.25, -0.2) is 0 Å². The molecule has 122 valence electrons. The maximum Gasteiger partial charge on any atom is 0.170 e. The van der Waals surface area contributed by atoms with E-state index in [4.69, 9.17) is 17.0 Å². The highest BCUT2D eigenvalue weighted by molar-refractivity contribution is 7.80. The Morgan fingerprint density at radius 2 is 1.91 bits per heavy atom. The topological polar surface area (TPSA) is 33.3 Å². The summed E-state index contributed by atoms with van der Waals surface area (Å²) in [5, 5.41) is 7.16. The van der Waals surface area contributed by atoms with Gasteiger partial charge in [0.05, 0.1) is 7.11 Å². The molecule has 0 aliphatic heterocycles. The Bertz CT molecular complexity index is 616. The van der Waals surface area contributed by atoms with Gasteiger partial charge in [0, 0.05) is 18.3 Å². The lowest BCUT2D eigenvalue weighted by molar-refractivity contribution is 0.415. The van der Waals surface area contributed by atoms with Crippen LogP contribution in [0.5, 0.6) is 5.75 Å². The van der Waals surface area contributed by atoms with Gasteiger partial charge < -0.3 is 15.4 Å². The molecule has 0 saturated heterocycles. The average Bonchev–Trinajstić information content (AvgIpc) is 2.59. The molecule has 0 aliphatic rings. The van der Waals surface area contributed by atoms with Crippen LogP contribution in [0.3, 0.4) is 0 Å². The third-order valence-electron chi connectivity index (χ3n) is 3.82. The number of ether oxygens (including phenoxy) is 1. The predicted molar refractivity (Wildman–Crippen MR) is 101 cm³/mol. The van der Waals surface area contributed by atoms with Crippen LogP contribution in [0.4, 0.5) is 5.69 Å². The number of thiocarbonyl (C=S) groups is 1. The van der Waals surface area contributed by atoms with Crippen molar-refractivity contribution in [2.24, 2.45) is 5.92 Å². The maximum absolute atomic E-state index is 5.38. The first-order chi connectivity index (χ1) is 11.2. The molecular formula is C19H24N2OS. The van der Waals surface area contributed by atoms with E-state index in [0.717, 1.165) is 30.8 Å². The SMILES string of the molecule is CC[C@@H](CNC(=S)Nc1cccc(OC)c1)Cc1ccccc1. The summed E-state index contributed by atoms with van der Waals surface area (Å²) in [6, 6.07) is 18.3. The third kappa shape index (κ3) is 5.91. The lowest BCUT2D eigenvalue weighted by Gasteiger charge is -2.18. The van der Waals surface area contributed by atoms with Crippen molar-refractivity contribution in [2.75, 3.05) is 19.0 Å². The Morgan fingerprint density at radius 1 is 1.13 bits per heavy atom. The van der Waals surface area contributed by atoms with E-state index in [1.54, 1.807) is 7.11 Å². The van der Waals surface area contributed by atoms with E-state index in [-0.39, 0.29) is 0 Å². The monoisotopic (exact) mass is 328 g/mol. The van der Waals surface area contributed by atoms with Crippen LogP contribution < -0.4 is 15.4 Å². The fraction of sp³-hybridized carbons (Fsp3) is 0.316. The molecule has 2 aromatic carbocycles. The van der Waals surface area contributed by atoms with Crippen LogP contribution in [-0.2, 0) is 6.42 Å². The van der Waals surface area contributed by atoms with Gasteiger partial charge in [0.25, 0.3) is 0 Å². The molecule has 2 aromatic rings. The number of hydrogen-bond donors (Lipinski definition) is 2. The van der Waals surface area contributed by atoms with Crippen LogP contribution in [0.15, 0.2) is 54.6 Å². The smallest absolute Gasteiger partial charge is 0.170 e. The first-order valence-corrected chi connectivity index (χ1v) is 8.35. The molecule has 0 unspecified atom stereocenters. The summed E-state index contributed by atoms with van der Waals surface area (Å²) in [6.45, 7) is 3.08. The van der Waals surface area contributed by atoms with Gasteiger partial charge in [0.1, 0.15) is 5.75 Å². The fourth-order valence-corrected chi connectivity index (χ4v) is 2.62. The average molecular weight is 328 g/mol. The van der Waals surface area contributed by atoms with Crippen molar-refractivity contribution in [3.05, 3.63) is 60.2 Å². The summed E-state index contributed by atoms with van der Waals surface area (Å²) in [5.74, 6) is 1.37. The van der Waals surface area contributed by atoms with Crippen molar-refractivity contribution < 1.29 is 4.74 Å². The van der Waals surface area contributed by atoms with Crippen LogP contribution in [0, 0.1) is 5.92 Å². The highest BCUT2D eigenvalue weighted by atomic mass is 32.1. The molecule has 2 rings (SSSR count). The Morgan fingerprint density at radius 3 is 2.61 bits per heavy atom. The van der Waals surface area contributed by atoms with E-state index >= 15 is 0 Å². The van der Waals surface area contributed by atoms with Gasteiger partial charge in [0.15, 0.2) is 5.11 Å². The minimum Gasteiger partial charge on any atom is -0.497 e. The maximum atomic E-state index is 5.38. The van der Waals surface area contributed by atoms with Crippen LogP contribution in [0.2, 0.25) is 0 Å². The second-order valence-corrected chi connectivity index (χ2v) is 5.94. The van der Waals surface area contributed by atoms with Gasteiger partial charge in [0.2, 0.25) is 0 Å². The van der Waals surface area contributed by atoms with E-state index in [2.05, 4.69) is 47.9 Å². The van der Waals surface area contributed by atoms with Gasteiger partial charge in [-0.05, 0) is 42.3 Å². The first kappa shape index (κ1) is 17.3. The standard InChI is InChI=1S/C19H24N2OS/c1-3-15(12-16-8-5-4-6-9-16)14-20-19(23)21-17-10-7-11-18(13-17)22-2/h4-11,13,15H,3,12,14H2,1-2H3,(H2,20,21,23)/t15-/m1/s1.